The van der Waals surface area contributed by atoms with Gasteiger partial charge >= 0.3 is 0 Å². The summed E-state index contributed by atoms with van der Waals surface area (Å²) in [6.45, 7) is 5.49. The van der Waals surface area contributed by atoms with Crippen LogP contribution in [0.1, 0.15) is 49.9 Å². The Hall–Kier alpha value is -1.45. The summed E-state index contributed by atoms with van der Waals surface area (Å²) < 4.78 is 50.9. The average molecular weight is 443 g/mol. The van der Waals surface area contributed by atoms with Gasteiger partial charge in [0.25, 0.3) is 5.91 Å². The van der Waals surface area contributed by atoms with Crippen molar-refractivity contribution in [3.63, 3.8) is 0 Å². The quantitative estimate of drug-likeness (QED) is 0.673. The Labute approximate surface area is 174 Å². The first-order valence-corrected chi connectivity index (χ1v) is 13.5. The van der Waals surface area contributed by atoms with Crippen LogP contribution < -0.4 is 0 Å². The normalized spacial score (nSPS) is 22.7. The predicted molar refractivity (Wildman–Crippen MR) is 112 cm³/mol. The molecule has 2 heterocycles. The molecule has 1 amide bonds. The van der Waals surface area contributed by atoms with E-state index in [9.17, 15) is 21.6 Å². The van der Waals surface area contributed by atoms with Gasteiger partial charge in [-0.2, -0.15) is 4.31 Å². The molecule has 0 aliphatic carbocycles. The fourth-order valence-corrected chi connectivity index (χ4v) is 7.25. The number of rotatable bonds is 6. The van der Waals surface area contributed by atoms with Crippen molar-refractivity contribution < 1.29 is 21.6 Å². The Balaban J connectivity index is 1.80. The summed E-state index contributed by atoms with van der Waals surface area (Å²) >= 11 is 0. The zero-order valence-electron chi connectivity index (χ0n) is 17.1. The van der Waals surface area contributed by atoms with Crippen molar-refractivity contribution in [2.24, 2.45) is 5.92 Å². The van der Waals surface area contributed by atoms with Crippen molar-refractivity contribution in [1.82, 2.24) is 9.21 Å². The van der Waals surface area contributed by atoms with Gasteiger partial charge in [0.05, 0.1) is 16.4 Å². The molecule has 1 aromatic rings. The number of sulfone groups is 1. The summed E-state index contributed by atoms with van der Waals surface area (Å²) in [6, 6.07) is 5.71. The molecule has 29 heavy (non-hydrogen) atoms. The van der Waals surface area contributed by atoms with E-state index < -0.39 is 19.9 Å². The molecular weight excluding hydrogens is 412 g/mol. The predicted octanol–water partition coefficient (Wildman–Crippen LogP) is 2.15. The fourth-order valence-electron chi connectivity index (χ4n) is 4.00. The van der Waals surface area contributed by atoms with Crippen LogP contribution >= 0.6 is 0 Å². The Morgan fingerprint density at radius 2 is 1.76 bits per heavy atom. The number of hydrogen-bond acceptors (Lipinski definition) is 5. The van der Waals surface area contributed by atoms with Crippen LogP contribution in [0.25, 0.3) is 0 Å². The van der Waals surface area contributed by atoms with E-state index in [4.69, 9.17) is 0 Å². The molecule has 2 fully saturated rings. The zero-order chi connectivity index (χ0) is 21.2. The molecule has 1 unspecified atom stereocenters. The van der Waals surface area contributed by atoms with E-state index in [2.05, 4.69) is 0 Å². The average Bonchev–Trinajstić information content (AvgIpc) is 3.05. The summed E-state index contributed by atoms with van der Waals surface area (Å²) in [5, 5.41) is 0. The van der Waals surface area contributed by atoms with Crippen molar-refractivity contribution in [1.29, 1.82) is 0 Å². The number of sulfonamides is 1. The topological polar surface area (TPSA) is 91.8 Å². The molecule has 2 saturated heterocycles. The molecule has 7 nitrogen and oxygen atoms in total. The van der Waals surface area contributed by atoms with Crippen LogP contribution in [0.5, 0.6) is 0 Å². The third-order valence-corrected chi connectivity index (χ3v) is 9.19. The highest BCUT2D eigenvalue weighted by molar-refractivity contribution is 7.91. The van der Waals surface area contributed by atoms with Crippen LogP contribution in [0.4, 0.5) is 0 Å². The van der Waals surface area contributed by atoms with Crippen molar-refractivity contribution in [3.8, 4) is 0 Å². The first-order valence-electron chi connectivity index (χ1n) is 10.2. The number of benzene rings is 1. The van der Waals surface area contributed by atoms with Crippen LogP contribution in [-0.4, -0.2) is 69.1 Å². The van der Waals surface area contributed by atoms with Crippen LogP contribution in [0.15, 0.2) is 29.2 Å². The second-order valence-electron chi connectivity index (χ2n) is 8.40. The molecule has 2 aliphatic rings. The SMILES string of the molecule is CC(C)CN(C(=O)c1ccc(S(=O)(=O)N2CCCCC2)cc1)C1CCS(=O)(=O)C1. The lowest BCUT2D eigenvalue weighted by atomic mass is 10.1. The van der Waals surface area contributed by atoms with Gasteiger partial charge in [0.2, 0.25) is 10.0 Å². The summed E-state index contributed by atoms with van der Waals surface area (Å²) in [4.78, 5) is 14.9. The Morgan fingerprint density at radius 3 is 2.28 bits per heavy atom. The van der Waals surface area contributed by atoms with Crippen LogP contribution in [0, 0.1) is 5.92 Å². The third kappa shape index (κ3) is 5.19. The van der Waals surface area contributed by atoms with E-state index in [0.29, 0.717) is 31.6 Å². The minimum absolute atomic E-state index is 0.00706. The number of carbonyl (C=O) groups excluding carboxylic acids is 1. The first-order chi connectivity index (χ1) is 13.6. The zero-order valence-corrected chi connectivity index (χ0v) is 18.7. The fraction of sp³-hybridized carbons (Fsp3) is 0.650. The summed E-state index contributed by atoms with van der Waals surface area (Å²) in [5.74, 6) is 0.0446. The van der Waals surface area contributed by atoms with E-state index in [0.717, 1.165) is 19.3 Å². The summed E-state index contributed by atoms with van der Waals surface area (Å²) in [7, 11) is -6.65. The van der Waals surface area contributed by atoms with Crippen LogP contribution in [-0.2, 0) is 19.9 Å². The molecule has 3 rings (SSSR count). The maximum Gasteiger partial charge on any atom is 0.254 e. The lowest BCUT2D eigenvalue weighted by molar-refractivity contribution is 0.0672. The summed E-state index contributed by atoms with van der Waals surface area (Å²) in [5.41, 5.74) is 0.382. The smallest absolute Gasteiger partial charge is 0.254 e. The highest BCUT2D eigenvalue weighted by Gasteiger charge is 2.35. The van der Waals surface area contributed by atoms with Gasteiger partial charge in [0.15, 0.2) is 9.84 Å². The molecule has 1 aromatic carbocycles. The number of hydrogen-bond donors (Lipinski definition) is 0. The lowest BCUT2D eigenvalue weighted by Gasteiger charge is -2.30. The molecule has 0 N–H and O–H groups in total. The van der Waals surface area contributed by atoms with Gasteiger partial charge < -0.3 is 4.90 Å². The van der Waals surface area contributed by atoms with Gasteiger partial charge in [-0.1, -0.05) is 20.3 Å². The maximum atomic E-state index is 13.1. The molecule has 9 heteroatoms. The largest absolute Gasteiger partial charge is 0.334 e. The third-order valence-electron chi connectivity index (χ3n) is 5.53. The molecule has 0 aromatic heterocycles. The van der Waals surface area contributed by atoms with Gasteiger partial charge in [0.1, 0.15) is 0 Å². The van der Waals surface area contributed by atoms with E-state index >= 15 is 0 Å². The minimum Gasteiger partial charge on any atom is -0.334 e. The van der Waals surface area contributed by atoms with Crippen molar-refractivity contribution >= 4 is 25.8 Å². The highest BCUT2D eigenvalue weighted by atomic mass is 32.2. The lowest BCUT2D eigenvalue weighted by Crippen LogP contribution is -2.43. The second-order valence-corrected chi connectivity index (χ2v) is 12.6. The Morgan fingerprint density at radius 1 is 1.14 bits per heavy atom. The Bertz CT molecular complexity index is 934. The van der Waals surface area contributed by atoms with Crippen molar-refractivity contribution in [2.45, 2.75) is 50.5 Å². The van der Waals surface area contributed by atoms with Gasteiger partial charge in [-0.25, -0.2) is 16.8 Å². The number of piperidine rings is 1. The molecule has 1 atom stereocenters. The standard InChI is InChI=1S/C20H30N2O5S2/c1-16(2)14-22(18-10-13-28(24,25)15-18)20(23)17-6-8-19(9-7-17)29(26,27)21-11-4-3-5-12-21/h6-9,16,18H,3-5,10-15H2,1-2H3. The number of carbonyl (C=O) groups is 1. The van der Waals surface area contributed by atoms with E-state index in [1.54, 1.807) is 4.90 Å². The van der Waals surface area contributed by atoms with E-state index in [-0.39, 0.29) is 34.3 Å². The van der Waals surface area contributed by atoms with Gasteiger partial charge in [-0.3, -0.25) is 4.79 Å². The summed E-state index contributed by atoms with van der Waals surface area (Å²) in [6.07, 6.45) is 3.22. The van der Waals surface area contributed by atoms with Gasteiger partial charge in [-0.05, 0) is 49.4 Å². The number of amides is 1. The van der Waals surface area contributed by atoms with Crippen LogP contribution in [0.2, 0.25) is 0 Å². The van der Waals surface area contributed by atoms with Crippen molar-refractivity contribution in [2.75, 3.05) is 31.1 Å². The Kier molecular flexibility index (Phi) is 6.70. The molecule has 2 aliphatic heterocycles. The van der Waals surface area contributed by atoms with Gasteiger partial charge in [-0.15, -0.1) is 0 Å². The molecule has 0 spiro atoms. The minimum atomic E-state index is -3.55. The maximum absolute atomic E-state index is 13.1. The highest BCUT2D eigenvalue weighted by Crippen LogP contribution is 2.24. The van der Waals surface area contributed by atoms with Gasteiger partial charge in [0, 0.05) is 31.2 Å². The van der Waals surface area contributed by atoms with Crippen LogP contribution in [0.3, 0.4) is 0 Å². The van der Waals surface area contributed by atoms with Crippen molar-refractivity contribution in [3.05, 3.63) is 29.8 Å². The molecule has 0 radical (unpaired) electrons. The second kappa shape index (κ2) is 8.73. The molecule has 162 valence electrons. The molecule has 0 saturated carbocycles. The van der Waals surface area contributed by atoms with E-state index in [1.807, 2.05) is 13.8 Å². The number of nitrogens with zero attached hydrogens (tertiary/aromatic N) is 2. The first kappa shape index (κ1) is 22.2. The molecular formula is C20H30N2O5S2. The molecule has 0 bridgehead atoms. The van der Waals surface area contributed by atoms with E-state index in [1.165, 1.54) is 28.6 Å². The monoisotopic (exact) mass is 442 g/mol.